The van der Waals surface area contributed by atoms with Gasteiger partial charge in [-0.3, -0.25) is 4.79 Å². The van der Waals surface area contributed by atoms with Crippen molar-refractivity contribution in [2.45, 2.75) is 187 Å². The zero-order valence-electron chi connectivity index (χ0n) is 25.0. The Balaban J connectivity index is 3.46. The fraction of sp³-hybridized carbons (Fsp3) is 0.909. The van der Waals surface area contributed by atoms with Gasteiger partial charge >= 0.3 is 0 Å². The highest BCUT2D eigenvalue weighted by Gasteiger charge is 2.17. The van der Waals surface area contributed by atoms with Crippen LogP contribution in [-0.2, 0) is 4.79 Å². The molecule has 4 nitrogen and oxygen atoms in total. The van der Waals surface area contributed by atoms with Gasteiger partial charge in [0.1, 0.15) is 0 Å². The summed E-state index contributed by atoms with van der Waals surface area (Å²) in [5, 5.41) is 22.5. The van der Waals surface area contributed by atoms with E-state index in [-0.39, 0.29) is 12.5 Å². The monoisotopic (exact) mass is 523 g/mol. The van der Waals surface area contributed by atoms with E-state index in [1.165, 1.54) is 116 Å². The van der Waals surface area contributed by atoms with Gasteiger partial charge in [0.15, 0.2) is 0 Å². The molecule has 220 valence electrons. The maximum absolute atomic E-state index is 12.0. The normalized spacial score (nSPS) is 13.3. The van der Waals surface area contributed by atoms with Crippen molar-refractivity contribution in [3.05, 3.63) is 12.2 Å². The zero-order valence-corrected chi connectivity index (χ0v) is 25.0. The fourth-order valence-corrected chi connectivity index (χ4v) is 4.94. The molecule has 2 atom stereocenters. The number of carbonyl (C=O) groups excluding carboxylic acids is 1. The Labute approximate surface area is 231 Å². The van der Waals surface area contributed by atoms with Gasteiger partial charge in [-0.25, -0.2) is 0 Å². The molecule has 0 aromatic rings. The highest BCUT2D eigenvalue weighted by molar-refractivity contribution is 5.76. The van der Waals surface area contributed by atoms with Crippen LogP contribution in [0.15, 0.2) is 12.2 Å². The SMILES string of the molecule is CCCCCCCCCCCCCCCCCCCCC/C=C/C(O)C(CO)NC(=O)CCCCCC. The molecule has 0 saturated carbocycles. The third kappa shape index (κ3) is 26.5. The minimum Gasteiger partial charge on any atom is -0.394 e. The van der Waals surface area contributed by atoms with E-state index in [9.17, 15) is 15.0 Å². The smallest absolute Gasteiger partial charge is 0.220 e. The highest BCUT2D eigenvalue weighted by Crippen LogP contribution is 2.15. The molecule has 2 unspecified atom stereocenters. The molecule has 0 aliphatic carbocycles. The van der Waals surface area contributed by atoms with E-state index >= 15 is 0 Å². The molecule has 0 heterocycles. The van der Waals surface area contributed by atoms with E-state index in [2.05, 4.69) is 19.2 Å². The van der Waals surface area contributed by atoms with Crippen LogP contribution < -0.4 is 5.32 Å². The maximum Gasteiger partial charge on any atom is 0.220 e. The quantitative estimate of drug-likeness (QED) is 0.0676. The summed E-state index contributed by atoms with van der Waals surface area (Å²) >= 11 is 0. The largest absolute Gasteiger partial charge is 0.394 e. The fourth-order valence-electron chi connectivity index (χ4n) is 4.94. The summed E-state index contributed by atoms with van der Waals surface area (Å²) in [6.07, 6.45) is 34.8. The van der Waals surface area contributed by atoms with Crippen molar-refractivity contribution in [3.63, 3.8) is 0 Å². The molecule has 0 spiro atoms. The van der Waals surface area contributed by atoms with Gasteiger partial charge in [-0.15, -0.1) is 0 Å². The average Bonchev–Trinajstić information content (AvgIpc) is 2.90. The lowest BCUT2D eigenvalue weighted by Crippen LogP contribution is -2.45. The standard InChI is InChI=1S/C33H65NO3/c1-3-5-7-9-10-11-12-13-14-15-16-17-18-19-20-21-22-23-24-25-26-28-32(36)31(30-35)34-33(37)29-27-8-6-4-2/h26,28,31-32,35-36H,3-25,27,29-30H2,1-2H3,(H,34,37)/b28-26+. The molecule has 37 heavy (non-hydrogen) atoms. The number of unbranched alkanes of at least 4 members (excludes halogenated alkanes) is 22. The summed E-state index contributed by atoms with van der Waals surface area (Å²) in [7, 11) is 0. The third-order valence-corrected chi connectivity index (χ3v) is 7.52. The van der Waals surface area contributed by atoms with Crippen molar-refractivity contribution in [1.82, 2.24) is 5.32 Å². The van der Waals surface area contributed by atoms with Crippen molar-refractivity contribution in [3.8, 4) is 0 Å². The van der Waals surface area contributed by atoms with Gasteiger partial charge in [0, 0.05) is 6.42 Å². The van der Waals surface area contributed by atoms with Crippen molar-refractivity contribution in [2.75, 3.05) is 6.61 Å². The predicted octanol–water partition coefficient (Wildman–Crippen LogP) is 9.17. The summed E-state index contributed by atoms with van der Waals surface area (Å²) in [5.41, 5.74) is 0. The van der Waals surface area contributed by atoms with Crippen molar-refractivity contribution in [1.29, 1.82) is 0 Å². The number of hydrogen-bond acceptors (Lipinski definition) is 3. The van der Waals surface area contributed by atoms with Crippen molar-refractivity contribution < 1.29 is 15.0 Å². The predicted molar refractivity (Wildman–Crippen MR) is 161 cm³/mol. The molecular formula is C33H65NO3. The van der Waals surface area contributed by atoms with Crippen LogP contribution >= 0.6 is 0 Å². The van der Waals surface area contributed by atoms with Crippen LogP contribution in [0.5, 0.6) is 0 Å². The van der Waals surface area contributed by atoms with Crippen molar-refractivity contribution >= 4 is 5.91 Å². The second-order valence-electron chi connectivity index (χ2n) is 11.2. The number of amides is 1. The van der Waals surface area contributed by atoms with Crippen LogP contribution in [0.1, 0.15) is 174 Å². The molecular weight excluding hydrogens is 458 g/mol. The zero-order chi connectivity index (χ0) is 27.2. The Morgan fingerprint density at radius 2 is 1.00 bits per heavy atom. The number of hydrogen-bond donors (Lipinski definition) is 3. The average molecular weight is 524 g/mol. The second-order valence-corrected chi connectivity index (χ2v) is 11.2. The molecule has 3 N–H and O–H groups in total. The summed E-state index contributed by atoms with van der Waals surface area (Å²) < 4.78 is 0. The summed E-state index contributed by atoms with van der Waals surface area (Å²) in [5.74, 6) is -0.0820. The summed E-state index contributed by atoms with van der Waals surface area (Å²) in [4.78, 5) is 12.0. The molecule has 0 saturated heterocycles. The van der Waals surface area contributed by atoms with Gasteiger partial charge in [0.2, 0.25) is 5.91 Å². The third-order valence-electron chi connectivity index (χ3n) is 7.52. The Hall–Kier alpha value is -0.870. The molecule has 0 aliphatic heterocycles. The van der Waals surface area contributed by atoms with Crippen LogP contribution in [0.25, 0.3) is 0 Å². The first-order chi connectivity index (χ1) is 18.2. The van der Waals surface area contributed by atoms with E-state index < -0.39 is 12.1 Å². The van der Waals surface area contributed by atoms with Gasteiger partial charge < -0.3 is 15.5 Å². The first kappa shape index (κ1) is 36.1. The highest BCUT2D eigenvalue weighted by atomic mass is 16.3. The molecule has 0 aromatic heterocycles. The lowest BCUT2D eigenvalue weighted by atomic mass is 10.0. The number of aliphatic hydroxyl groups excluding tert-OH is 2. The van der Waals surface area contributed by atoms with Crippen LogP contribution in [-0.4, -0.2) is 34.9 Å². The number of carbonyl (C=O) groups is 1. The topological polar surface area (TPSA) is 69.6 Å². The van der Waals surface area contributed by atoms with Crippen LogP contribution in [0.3, 0.4) is 0 Å². The Morgan fingerprint density at radius 3 is 1.41 bits per heavy atom. The first-order valence-electron chi connectivity index (χ1n) is 16.4. The molecule has 4 heteroatoms. The van der Waals surface area contributed by atoms with Gasteiger partial charge in [-0.05, 0) is 19.3 Å². The molecule has 0 radical (unpaired) electrons. The molecule has 0 aromatic carbocycles. The molecule has 0 bridgehead atoms. The van der Waals surface area contributed by atoms with Crippen LogP contribution in [0, 0.1) is 0 Å². The van der Waals surface area contributed by atoms with Gasteiger partial charge in [0.25, 0.3) is 0 Å². The summed E-state index contributed by atoms with van der Waals surface area (Å²) in [6, 6.07) is -0.611. The van der Waals surface area contributed by atoms with Gasteiger partial charge in [0.05, 0.1) is 18.8 Å². The first-order valence-corrected chi connectivity index (χ1v) is 16.4. The Morgan fingerprint density at radius 1 is 0.622 bits per heavy atom. The van der Waals surface area contributed by atoms with Gasteiger partial charge in [-0.1, -0.05) is 161 Å². The minimum atomic E-state index is -0.829. The van der Waals surface area contributed by atoms with E-state index in [1.807, 2.05) is 6.08 Å². The molecule has 0 fully saturated rings. The van der Waals surface area contributed by atoms with Crippen LogP contribution in [0.4, 0.5) is 0 Å². The molecule has 0 aliphatic rings. The van der Waals surface area contributed by atoms with E-state index in [1.54, 1.807) is 6.08 Å². The van der Waals surface area contributed by atoms with E-state index in [0.29, 0.717) is 6.42 Å². The lowest BCUT2D eigenvalue weighted by Gasteiger charge is -2.19. The van der Waals surface area contributed by atoms with Crippen molar-refractivity contribution in [2.24, 2.45) is 0 Å². The number of aliphatic hydroxyl groups is 2. The minimum absolute atomic E-state index is 0.0820. The van der Waals surface area contributed by atoms with Gasteiger partial charge in [-0.2, -0.15) is 0 Å². The molecule has 0 rings (SSSR count). The Kier molecular flexibility index (Phi) is 29.0. The second kappa shape index (κ2) is 29.7. The summed E-state index contributed by atoms with van der Waals surface area (Å²) in [6.45, 7) is 4.19. The number of rotatable bonds is 29. The molecule has 1 amide bonds. The van der Waals surface area contributed by atoms with E-state index in [4.69, 9.17) is 0 Å². The van der Waals surface area contributed by atoms with Crippen LogP contribution in [0.2, 0.25) is 0 Å². The number of nitrogens with one attached hydrogen (secondary N) is 1. The van der Waals surface area contributed by atoms with E-state index in [0.717, 1.165) is 38.5 Å². The lowest BCUT2D eigenvalue weighted by molar-refractivity contribution is -0.123. The maximum atomic E-state index is 12.0. The Bertz CT molecular complexity index is 494. The number of allylic oxidation sites excluding steroid dienone is 1.